The molecule has 0 bridgehead atoms. The molecule has 1 N–H and O–H groups in total. The Bertz CT molecular complexity index is 197. The Morgan fingerprint density at radius 2 is 2.36 bits per heavy atom. The van der Waals surface area contributed by atoms with Crippen LogP contribution in [0.25, 0.3) is 0 Å². The van der Waals surface area contributed by atoms with Crippen LogP contribution in [-0.4, -0.2) is 61.2 Å². The summed E-state index contributed by atoms with van der Waals surface area (Å²) >= 11 is 0. The van der Waals surface area contributed by atoms with E-state index in [0.29, 0.717) is 5.92 Å². The fraction of sp³-hybridized carbons (Fsp3) is 0.900. The number of likely N-dealkylation sites (tertiary alicyclic amines) is 1. The van der Waals surface area contributed by atoms with Crippen molar-refractivity contribution in [2.45, 2.75) is 12.8 Å². The number of carboxylic acid groups (broad SMARTS) is 1. The van der Waals surface area contributed by atoms with Crippen molar-refractivity contribution in [2.75, 3.05) is 40.3 Å². The molecule has 4 heteroatoms. The van der Waals surface area contributed by atoms with E-state index in [-0.39, 0.29) is 6.54 Å². The third kappa shape index (κ3) is 4.07. The van der Waals surface area contributed by atoms with Crippen LogP contribution in [0, 0.1) is 5.92 Å². The SMILES string of the molecule is CN1CCCC(CN(C)CC(=O)O)C1. The molecule has 1 aliphatic heterocycles. The van der Waals surface area contributed by atoms with Gasteiger partial charge in [0.1, 0.15) is 0 Å². The lowest BCUT2D eigenvalue weighted by molar-refractivity contribution is -0.138. The van der Waals surface area contributed by atoms with Crippen LogP contribution >= 0.6 is 0 Å². The number of piperidine rings is 1. The number of rotatable bonds is 4. The van der Waals surface area contributed by atoms with Crippen LogP contribution < -0.4 is 0 Å². The molecule has 0 amide bonds. The van der Waals surface area contributed by atoms with E-state index in [0.717, 1.165) is 13.1 Å². The van der Waals surface area contributed by atoms with Gasteiger partial charge in [-0.15, -0.1) is 0 Å². The fourth-order valence-electron chi connectivity index (χ4n) is 2.16. The van der Waals surface area contributed by atoms with Crippen molar-refractivity contribution in [3.8, 4) is 0 Å². The molecule has 1 unspecified atom stereocenters. The van der Waals surface area contributed by atoms with E-state index in [1.54, 1.807) is 0 Å². The first-order valence-electron chi connectivity index (χ1n) is 5.17. The van der Waals surface area contributed by atoms with Gasteiger partial charge in [-0.05, 0) is 39.4 Å². The molecule has 0 aromatic rings. The number of hydrogen-bond acceptors (Lipinski definition) is 3. The molecule has 1 heterocycles. The highest BCUT2D eigenvalue weighted by atomic mass is 16.4. The lowest BCUT2D eigenvalue weighted by atomic mass is 9.98. The molecule has 0 saturated carbocycles. The maximum atomic E-state index is 10.5. The van der Waals surface area contributed by atoms with Crippen LogP contribution in [0.2, 0.25) is 0 Å². The second kappa shape index (κ2) is 5.32. The van der Waals surface area contributed by atoms with Crippen molar-refractivity contribution in [1.29, 1.82) is 0 Å². The number of nitrogens with zero attached hydrogens (tertiary/aromatic N) is 2. The van der Waals surface area contributed by atoms with Crippen LogP contribution in [0.4, 0.5) is 0 Å². The largest absolute Gasteiger partial charge is 0.480 e. The zero-order valence-corrected chi connectivity index (χ0v) is 9.07. The third-order valence-corrected chi connectivity index (χ3v) is 2.70. The average molecular weight is 200 g/mol. The van der Waals surface area contributed by atoms with Gasteiger partial charge in [-0.3, -0.25) is 9.69 Å². The first kappa shape index (κ1) is 11.5. The van der Waals surface area contributed by atoms with E-state index in [1.807, 2.05) is 11.9 Å². The molecule has 0 aromatic carbocycles. The van der Waals surface area contributed by atoms with Gasteiger partial charge in [0.25, 0.3) is 0 Å². The summed E-state index contributed by atoms with van der Waals surface area (Å²) in [6.45, 7) is 3.33. The first-order valence-corrected chi connectivity index (χ1v) is 5.17. The zero-order chi connectivity index (χ0) is 10.6. The van der Waals surface area contributed by atoms with Gasteiger partial charge in [0.2, 0.25) is 0 Å². The van der Waals surface area contributed by atoms with Crippen LogP contribution in [-0.2, 0) is 4.79 Å². The summed E-state index contributed by atoms with van der Waals surface area (Å²) in [6.07, 6.45) is 2.47. The molecule has 82 valence electrons. The summed E-state index contributed by atoms with van der Waals surface area (Å²) in [5.74, 6) is -0.102. The molecule has 0 spiro atoms. The molecule has 0 aromatic heterocycles. The van der Waals surface area contributed by atoms with E-state index < -0.39 is 5.97 Å². The van der Waals surface area contributed by atoms with Gasteiger partial charge in [-0.1, -0.05) is 0 Å². The number of hydrogen-bond donors (Lipinski definition) is 1. The third-order valence-electron chi connectivity index (χ3n) is 2.70. The molecular weight excluding hydrogens is 180 g/mol. The highest BCUT2D eigenvalue weighted by Gasteiger charge is 2.19. The lowest BCUT2D eigenvalue weighted by Gasteiger charge is -2.31. The van der Waals surface area contributed by atoms with Crippen LogP contribution in [0.5, 0.6) is 0 Å². The van der Waals surface area contributed by atoms with Crippen LogP contribution in [0.3, 0.4) is 0 Å². The van der Waals surface area contributed by atoms with E-state index in [4.69, 9.17) is 5.11 Å². The number of carbonyl (C=O) groups is 1. The minimum absolute atomic E-state index is 0.153. The van der Waals surface area contributed by atoms with Crippen molar-refractivity contribution < 1.29 is 9.90 Å². The molecule has 0 radical (unpaired) electrons. The molecule has 1 aliphatic rings. The van der Waals surface area contributed by atoms with Crippen molar-refractivity contribution in [1.82, 2.24) is 9.80 Å². The standard InChI is InChI=1S/C10H20N2O2/c1-11-5-3-4-9(6-11)7-12(2)8-10(13)14/h9H,3-8H2,1-2H3,(H,13,14). The van der Waals surface area contributed by atoms with Crippen molar-refractivity contribution >= 4 is 5.97 Å². The second-order valence-corrected chi connectivity index (χ2v) is 4.36. The predicted molar refractivity (Wildman–Crippen MR) is 55.4 cm³/mol. The summed E-state index contributed by atoms with van der Waals surface area (Å²) in [7, 11) is 4.01. The highest BCUT2D eigenvalue weighted by Crippen LogP contribution is 2.15. The molecule has 0 aliphatic carbocycles. The van der Waals surface area contributed by atoms with Gasteiger partial charge in [0.15, 0.2) is 0 Å². The molecule has 1 atom stereocenters. The van der Waals surface area contributed by atoms with Gasteiger partial charge in [0.05, 0.1) is 6.54 Å². The quantitative estimate of drug-likeness (QED) is 0.711. The Balaban J connectivity index is 2.25. The van der Waals surface area contributed by atoms with Crippen LogP contribution in [0.15, 0.2) is 0 Å². The smallest absolute Gasteiger partial charge is 0.317 e. The minimum atomic E-state index is -0.739. The Morgan fingerprint density at radius 3 is 2.93 bits per heavy atom. The molecule has 14 heavy (non-hydrogen) atoms. The van der Waals surface area contributed by atoms with Crippen molar-refractivity contribution in [3.05, 3.63) is 0 Å². The lowest BCUT2D eigenvalue weighted by Crippen LogP contribution is -2.39. The Morgan fingerprint density at radius 1 is 1.64 bits per heavy atom. The van der Waals surface area contributed by atoms with Gasteiger partial charge in [0, 0.05) is 13.1 Å². The summed E-state index contributed by atoms with van der Waals surface area (Å²) in [5, 5.41) is 8.61. The maximum Gasteiger partial charge on any atom is 0.317 e. The maximum absolute atomic E-state index is 10.5. The molecule has 4 nitrogen and oxygen atoms in total. The number of aliphatic carboxylic acids is 1. The Kier molecular flexibility index (Phi) is 4.35. The summed E-state index contributed by atoms with van der Waals surface area (Å²) in [6, 6.07) is 0. The summed E-state index contributed by atoms with van der Waals surface area (Å²) in [5.41, 5.74) is 0. The van der Waals surface area contributed by atoms with E-state index >= 15 is 0 Å². The molecule has 1 saturated heterocycles. The normalized spacial score (nSPS) is 24.1. The van der Waals surface area contributed by atoms with E-state index in [2.05, 4.69) is 11.9 Å². The Labute approximate surface area is 85.5 Å². The monoisotopic (exact) mass is 200 g/mol. The zero-order valence-electron chi connectivity index (χ0n) is 9.07. The average Bonchev–Trinajstić information content (AvgIpc) is 2.01. The molecular formula is C10H20N2O2. The van der Waals surface area contributed by atoms with Gasteiger partial charge in [-0.25, -0.2) is 0 Å². The Hall–Kier alpha value is -0.610. The van der Waals surface area contributed by atoms with E-state index in [9.17, 15) is 4.79 Å². The number of likely N-dealkylation sites (N-methyl/N-ethyl adjacent to an activating group) is 1. The molecule has 1 rings (SSSR count). The molecule has 1 fully saturated rings. The van der Waals surface area contributed by atoms with Crippen molar-refractivity contribution in [3.63, 3.8) is 0 Å². The fourth-order valence-corrected chi connectivity index (χ4v) is 2.16. The highest BCUT2D eigenvalue weighted by molar-refractivity contribution is 5.68. The summed E-state index contributed by atoms with van der Waals surface area (Å²) < 4.78 is 0. The minimum Gasteiger partial charge on any atom is -0.480 e. The first-order chi connectivity index (χ1) is 6.58. The second-order valence-electron chi connectivity index (χ2n) is 4.36. The van der Waals surface area contributed by atoms with E-state index in [1.165, 1.54) is 19.4 Å². The summed E-state index contributed by atoms with van der Waals surface area (Å²) in [4.78, 5) is 14.7. The predicted octanol–water partition coefficient (Wildman–Crippen LogP) is 0.345. The number of carboxylic acids is 1. The van der Waals surface area contributed by atoms with Gasteiger partial charge < -0.3 is 10.0 Å². The van der Waals surface area contributed by atoms with Gasteiger partial charge >= 0.3 is 5.97 Å². The van der Waals surface area contributed by atoms with Crippen molar-refractivity contribution in [2.24, 2.45) is 5.92 Å². The van der Waals surface area contributed by atoms with Crippen LogP contribution in [0.1, 0.15) is 12.8 Å². The topological polar surface area (TPSA) is 43.8 Å². The van der Waals surface area contributed by atoms with Gasteiger partial charge in [-0.2, -0.15) is 0 Å².